The van der Waals surface area contributed by atoms with E-state index in [1.165, 1.54) is 14.0 Å². The number of rotatable bonds is 19. The van der Waals surface area contributed by atoms with Crippen LogP contribution in [0, 0.1) is 23.7 Å². The second-order valence-corrected chi connectivity index (χ2v) is 21.9. The van der Waals surface area contributed by atoms with Crippen LogP contribution in [0.3, 0.4) is 0 Å². The molecule has 72 heavy (non-hydrogen) atoms. The number of hydrogen-bond donors (Lipinski definition) is 4. The summed E-state index contributed by atoms with van der Waals surface area (Å²) in [6.07, 6.45) is -0.467. The average molecular weight is 1020 g/mol. The zero-order valence-electron chi connectivity index (χ0n) is 45.3. The monoisotopic (exact) mass is 1020 g/mol. The predicted octanol–water partition coefficient (Wildman–Crippen LogP) is 5.81. The first-order chi connectivity index (χ1) is 33.9. The second-order valence-electron chi connectivity index (χ2n) is 21.9. The number of nitrogens with zero attached hydrogens (tertiary/aromatic N) is 4. The van der Waals surface area contributed by atoms with Crippen molar-refractivity contribution in [2.75, 3.05) is 27.9 Å². The molecule has 3 fully saturated rings. The SMILES string of the molecule is CCC1OC(=O)[C@H](C)[C@H](OC2C[C@@](C)(OC)[C@@H](O)[C@H](C)O2)[C@H](C)[C@@H](OC2C[C@@H](N(C)Cc3ccc(-c4cn(CCCCCCC(=O)CO)nn4)cc3)C[C@@H](C)O2)[C@@](C)(OC)C[C@@H](C)C(=O)[C@H](C)[C@@H](O)[C@]1(C)O. The lowest BCUT2D eigenvalue weighted by Crippen LogP contribution is -2.60. The molecular weight excluding hydrogens is 929 g/mol. The lowest BCUT2D eigenvalue weighted by atomic mass is 9.74. The Balaban J connectivity index is 1.39. The van der Waals surface area contributed by atoms with E-state index in [2.05, 4.69) is 46.5 Å². The van der Waals surface area contributed by atoms with Gasteiger partial charge in [0.1, 0.15) is 35.9 Å². The van der Waals surface area contributed by atoms with Crippen LogP contribution in [-0.4, -0.2) is 164 Å². The van der Waals surface area contributed by atoms with Crippen LogP contribution in [-0.2, 0) is 60.6 Å². The summed E-state index contributed by atoms with van der Waals surface area (Å²) in [6, 6.07) is 8.34. The van der Waals surface area contributed by atoms with Crippen LogP contribution in [0.25, 0.3) is 11.3 Å². The summed E-state index contributed by atoms with van der Waals surface area (Å²) in [6.45, 7) is 18.5. The van der Waals surface area contributed by atoms with Crippen molar-refractivity contribution in [3.63, 3.8) is 0 Å². The van der Waals surface area contributed by atoms with E-state index in [4.69, 9.17) is 38.3 Å². The van der Waals surface area contributed by atoms with E-state index in [1.807, 2.05) is 31.6 Å². The molecule has 0 spiro atoms. The molecule has 5 rings (SSSR count). The van der Waals surface area contributed by atoms with Crippen LogP contribution in [0.4, 0.5) is 0 Å². The van der Waals surface area contributed by atoms with E-state index < -0.39 is 102 Å². The Morgan fingerprint density at radius 2 is 1.53 bits per heavy atom. The highest BCUT2D eigenvalue weighted by Gasteiger charge is 2.53. The Bertz CT molecular complexity index is 2040. The lowest BCUT2D eigenvalue weighted by molar-refractivity contribution is -0.309. The van der Waals surface area contributed by atoms with Gasteiger partial charge in [-0.1, -0.05) is 70.0 Å². The number of aryl methyl sites for hydroxylation is 1. The van der Waals surface area contributed by atoms with Crippen LogP contribution in [0.2, 0.25) is 0 Å². The fourth-order valence-corrected chi connectivity index (χ4v) is 11.2. The molecule has 0 saturated carbocycles. The Morgan fingerprint density at radius 3 is 2.17 bits per heavy atom. The van der Waals surface area contributed by atoms with Crippen molar-refractivity contribution in [1.82, 2.24) is 19.9 Å². The Kier molecular flexibility index (Phi) is 21.5. The van der Waals surface area contributed by atoms with Gasteiger partial charge in [0.15, 0.2) is 18.4 Å². The second kappa shape index (κ2) is 26.0. The molecule has 4 heterocycles. The van der Waals surface area contributed by atoms with E-state index >= 15 is 0 Å². The molecule has 3 saturated heterocycles. The highest BCUT2D eigenvalue weighted by Crippen LogP contribution is 2.42. The molecule has 18 heteroatoms. The van der Waals surface area contributed by atoms with Crippen LogP contribution in [0.15, 0.2) is 30.5 Å². The van der Waals surface area contributed by atoms with E-state index in [9.17, 15) is 29.7 Å². The summed E-state index contributed by atoms with van der Waals surface area (Å²) in [5.41, 5.74) is -1.36. The Morgan fingerprint density at radius 1 is 0.861 bits per heavy atom. The third kappa shape index (κ3) is 14.6. The average Bonchev–Trinajstić information content (AvgIpc) is 3.83. The summed E-state index contributed by atoms with van der Waals surface area (Å²) in [7, 11) is 5.17. The minimum atomic E-state index is -1.97. The third-order valence-corrected chi connectivity index (χ3v) is 16.1. The highest BCUT2D eigenvalue weighted by molar-refractivity contribution is 5.83. The molecule has 408 valence electrons. The Labute approximate surface area is 427 Å². The normalized spacial score (nSPS) is 37.6. The summed E-state index contributed by atoms with van der Waals surface area (Å²) in [5.74, 6) is -4.45. The van der Waals surface area contributed by atoms with Crippen molar-refractivity contribution >= 4 is 17.5 Å². The molecule has 0 aliphatic carbocycles. The van der Waals surface area contributed by atoms with Gasteiger partial charge < -0.3 is 53.6 Å². The van der Waals surface area contributed by atoms with Crippen molar-refractivity contribution < 1.29 is 68.0 Å². The number of aliphatic hydroxyl groups excluding tert-OH is 3. The maximum atomic E-state index is 14.5. The molecule has 1 aromatic heterocycles. The van der Waals surface area contributed by atoms with Crippen LogP contribution in [0.1, 0.15) is 139 Å². The minimum absolute atomic E-state index is 0.0361. The van der Waals surface area contributed by atoms with Gasteiger partial charge in [-0.2, -0.15) is 0 Å². The molecule has 17 atom stereocenters. The summed E-state index contributed by atoms with van der Waals surface area (Å²) in [5, 5.41) is 52.2. The largest absolute Gasteiger partial charge is 0.459 e. The number of cyclic esters (lactones) is 1. The van der Waals surface area contributed by atoms with Gasteiger partial charge in [0.05, 0.1) is 53.8 Å². The van der Waals surface area contributed by atoms with Gasteiger partial charge >= 0.3 is 5.97 Å². The van der Waals surface area contributed by atoms with Gasteiger partial charge in [-0.3, -0.25) is 24.0 Å². The molecule has 3 aliphatic rings. The summed E-state index contributed by atoms with van der Waals surface area (Å²) in [4.78, 5) is 42.4. The van der Waals surface area contributed by atoms with E-state index in [0.717, 1.165) is 55.5 Å². The van der Waals surface area contributed by atoms with Crippen molar-refractivity contribution in [3.8, 4) is 11.3 Å². The molecule has 4 N–H and O–H groups in total. The van der Waals surface area contributed by atoms with E-state index in [1.54, 1.807) is 48.7 Å². The van der Waals surface area contributed by atoms with Crippen LogP contribution >= 0.6 is 0 Å². The van der Waals surface area contributed by atoms with Gasteiger partial charge in [-0.15, -0.1) is 5.10 Å². The number of unbranched alkanes of at least 4 members (excludes halogenated alkanes) is 3. The third-order valence-electron chi connectivity index (χ3n) is 16.1. The molecule has 2 aromatic rings. The van der Waals surface area contributed by atoms with Gasteiger partial charge in [0, 0.05) is 75.9 Å². The van der Waals surface area contributed by atoms with Gasteiger partial charge in [0.2, 0.25) is 0 Å². The Hall–Kier alpha value is -3.27. The minimum Gasteiger partial charge on any atom is -0.459 e. The van der Waals surface area contributed by atoms with Crippen molar-refractivity contribution in [3.05, 3.63) is 36.0 Å². The first-order valence-corrected chi connectivity index (χ1v) is 26.3. The summed E-state index contributed by atoms with van der Waals surface area (Å²) < 4.78 is 47.1. The van der Waals surface area contributed by atoms with Gasteiger partial charge in [-0.05, 0) is 86.3 Å². The number of carbonyl (C=O) groups excluding carboxylic acids is 3. The quantitative estimate of drug-likeness (QED) is 0.0961. The maximum Gasteiger partial charge on any atom is 0.311 e. The molecule has 1 aromatic carbocycles. The van der Waals surface area contributed by atoms with E-state index in [-0.39, 0.29) is 43.0 Å². The molecule has 0 amide bonds. The number of Topliss-reactive ketones (excluding diaryl/α,β-unsaturated/α-hetero) is 2. The first kappa shape index (κ1) is 59.6. The van der Waals surface area contributed by atoms with Crippen molar-refractivity contribution in [1.29, 1.82) is 0 Å². The number of aliphatic hydroxyl groups is 4. The number of methoxy groups -OCH3 is 2. The fraction of sp³-hybridized carbons (Fsp3) is 0.796. The molecule has 18 nitrogen and oxygen atoms in total. The number of carbonyl (C=O) groups is 3. The zero-order valence-corrected chi connectivity index (χ0v) is 45.3. The fourth-order valence-electron chi connectivity index (χ4n) is 11.2. The zero-order chi connectivity index (χ0) is 53.3. The molecule has 0 radical (unpaired) electrons. The standard InChI is InChI=1S/C54H88N4O14/c1-14-43-54(10,65)48(62)34(4)46(61)32(2)27-53(9,67-13)50(35(5)47(36(6)51(64)70-43)71-45-28-52(8,66-12)49(63)37(7)69-45)72-44-26-40(25-33(3)68-44)57(11)29-38-20-22-39(23-21-38)42-30-58(56-55-42)24-18-16-15-17-19-41(60)31-59/h20-23,30,32-37,40,43-45,47-50,59,62-63,65H,14-19,24-29,31H2,1-13H3/t32-,33-,34+,35+,36-,37+,40+,43?,44?,45?,47-,48-,49+,50-,52-,53+,54-/m1/s1. The maximum absolute atomic E-state index is 14.5. The predicted molar refractivity (Wildman–Crippen MR) is 268 cm³/mol. The number of esters is 1. The van der Waals surface area contributed by atoms with Crippen molar-refractivity contribution in [2.45, 2.75) is 225 Å². The lowest BCUT2D eigenvalue weighted by Gasteiger charge is -2.49. The molecule has 0 bridgehead atoms. The van der Waals surface area contributed by atoms with Crippen molar-refractivity contribution in [2.24, 2.45) is 23.7 Å². The molecule has 3 aliphatic heterocycles. The number of benzene rings is 1. The highest BCUT2D eigenvalue weighted by atomic mass is 16.7. The molecule has 3 unspecified atom stereocenters. The van der Waals surface area contributed by atoms with Crippen LogP contribution < -0.4 is 0 Å². The number of aromatic nitrogens is 3. The van der Waals surface area contributed by atoms with Gasteiger partial charge in [0.25, 0.3) is 0 Å². The number of hydrogen-bond acceptors (Lipinski definition) is 17. The smallest absolute Gasteiger partial charge is 0.311 e. The number of ketones is 2. The summed E-state index contributed by atoms with van der Waals surface area (Å²) >= 11 is 0. The molecular formula is C54H88N4O14. The number of ether oxygens (including phenoxy) is 7. The topological polar surface area (TPSA) is 231 Å². The van der Waals surface area contributed by atoms with Gasteiger partial charge in [-0.25, -0.2) is 0 Å². The first-order valence-electron chi connectivity index (χ1n) is 26.3. The van der Waals surface area contributed by atoms with Crippen LogP contribution in [0.5, 0.6) is 0 Å². The van der Waals surface area contributed by atoms with E-state index in [0.29, 0.717) is 19.4 Å².